The van der Waals surface area contributed by atoms with Gasteiger partial charge in [0.2, 0.25) is 0 Å². The molecule has 0 amide bonds. The number of nitrogens with two attached hydrogens (primary N) is 1. The summed E-state index contributed by atoms with van der Waals surface area (Å²) in [6, 6.07) is 8.23. The predicted octanol–water partition coefficient (Wildman–Crippen LogP) is 2.00. The highest BCUT2D eigenvalue weighted by atomic mass is 16.5. The molecule has 1 aromatic heterocycles. The van der Waals surface area contributed by atoms with Crippen molar-refractivity contribution in [1.29, 1.82) is 0 Å². The number of hydrogen-bond acceptors (Lipinski definition) is 2. The molecule has 80 valence electrons. The van der Waals surface area contributed by atoms with Crippen LogP contribution in [0.4, 0.5) is 0 Å². The molecule has 0 aliphatic carbocycles. The molecule has 0 unspecified atom stereocenters. The summed E-state index contributed by atoms with van der Waals surface area (Å²) in [4.78, 5) is 0. The number of benzene rings is 1. The molecule has 0 saturated carbocycles. The fourth-order valence-corrected chi connectivity index (χ4v) is 1.77. The van der Waals surface area contributed by atoms with Gasteiger partial charge in [0.1, 0.15) is 5.75 Å². The van der Waals surface area contributed by atoms with Gasteiger partial charge in [-0.15, -0.1) is 0 Å². The van der Waals surface area contributed by atoms with Crippen molar-refractivity contribution in [1.82, 2.24) is 4.57 Å². The fraction of sp³-hybridized carbons (Fsp3) is 0.333. The minimum atomic E-state index is 0.664. The number of rotatable bonds is 4. The highest BCUT2D eigenvalue weighted by molar-refractivity contribution is 5.81. The Balaban J connectivity index is 2.38. The van der Waals surface area contributed by atoms with Gasteiger partial charge in [0.25, 0.3) is 0 Å². The number of aromatic nitrogens is 1. The van der Waals surface area contributed by atoms with E-state index in [-0.39, 0.29) is 0 Å². The first kappa shape index (κ1) is 10.1. The van der Waals surface area contributed by atoms with E-state index in [4.69, 9.17) is 10.5 Å². The van der Waals surface area contributed by atoms with Crippen LogP contribution in [0, 0.1) is 0 Å². The first-order valence-electron chi connectivity index (χ1n) is 5.27. The Bertz CT molecular complexity index is 448. The minimum absolute atomic E-state index is 0.664. The van der Waals surface area contributed by atoms with Gasteiger partial charge in [0.15, 0.2) is 0 Å². The zero-order valence-electron chi connectivity index (χ0n) is 8.94. The Morgan fingerprint density at radius 2 is 2.20 bits per heavy atom. The zero-order chi connectivity index (χ0) is 10.7. The molecule has 2 N–H and O–H groups in total. The lowest BCUT2D eigenvalue weighted by atomic mass is 10.2. The van der Waals surface area contributed by atoms with Crippen LogP contribution in [-0.2, 0) is 6.54 Å². The Labute approximate surface area is 89.4 Å². The predicted molar refractivity (Wildman–Crippen MR) is 62.2 cm³/mol. The molecular formula is C12H16N2O. The maximum Gasteiger partial charge on any atom is 0.120 e. The summed E-state index contributed by atoms with van der Waals surface area (Å²) in [6.07, 6.45) is 2.06. The van der Waals surface area contributed by atoms with E-state index in [1.54, 1.807) is 0 Å². The van der Waals surface area contributed by atoms with E-state index in [2.05, 4.69) is 29.0 Å². The molecule has 1 aromatic carbocycles. The van der Waals surface area contributed by atoms with Crippen LogP contribution < -0.4 is 10.5 Å². The van der Waals surface area contributed by atoms with Crippen molar-refractivity contribution in [2.75, 3.05) is 13.2 Å². The van der Waals surface area contributed by atoms with E-state index in [9.17, 15) is 0 Å². The first-order valence-corrected chi connectivity index (χ1v) is 5.27. The lowest BCUT2D eigenvalue weighted by molar-refractivity contribution is 0.340. The highest BCUT2D eigenvalue weighted by Gasteiger charge is 2.01. The molecule has 3 nitrogen and oxygen atoms in total. The molecule has 3 heteroatoms. The van der Waals surface area contributed by atoms with E-state index < -0.39 is 0 Å². The molecule has 0 saturated heterocycles. The van der Waals surface area contributed by atoms with Gasteiger partial charge in [-0.3, -0.25) is 0 Å². The average Bonchev–Trinajstić information content (AvgIpc) is 2.62. The topological polar surface area (TPSA) is 40.2 Å². The van der Waals surface area contributed by atoms with Crippen molar-refractivity contribution in [3.8, 4) is 5.75 Å². The Hall–Kier alpha value is -1.48. The third-order valence-corrected chi connectivity index (χ3v) is 2.42. The van der Waals surface area contributed by atoms with Crippen LogP contribution in [0.3, 0.4) is 0 Å². The van der Waals surface area contributed by atoms with Gasteiger partial charge in [-0.05, 0) is 31.2 Å². The number of nitrogens with zero attached hydrogens (tertiary/aromatic N) is 1. The molecule has 15 heavy (non-hydrogen) atoms. The standard InChI is InChI=1S/C12H16N2O/c1-2-15-11-3-4-12-10(9-11)5-7-14(12)8-6-13/h3-5,7,9H,2,6,8,13H2,1H3. The van der Waals surface area contributed by atoms with Crippen LogP contribution in [0.1, 0.15) is 6.92 Å². The molecule has 0 aliphatic rings. The summed E-state index contributed by atoms with van der Waals surface area (Å²) in [7, 11) is 0. The first-order chi connectivity index (χ1) is 7.35. The van der Waals surface area contributed by atoms with Crippen molar-refractivity contribution in [2.45, 2.75) is 13.5 Å². The Kier molecular flexibility index (Phi) is 2.92. The largest absolute Gasteiger partial charge is 0.494 e. The zero-order valence-corrected chi connectivity index (χ0v) is 8.94. The molecule has 2 rings (SSSR count). The fourth-order valence-electron chi connectivity index (χ4n) is 1.77. The highest BCUT2D eigenvalue weighted by Crippen LogP contribution is 2.21. The third kappa shape index (κ3) is 1.97. The molecule has 0 radical (unpaired) electrons. The van der Waals surface area contributed by atoms with Gasteiger partial charge in [0, 0.05) is 30.2 Å². The van der Waals surface area contributed by atoms with Gasteiger partial charge in [-0.2, -0.15) is 0 Å². The minimum Gasteiger partial charge on any atom is -0.494 e. The normalized spacial score (nSPS) is 10.8. The Morgan fingerprint density at radius 3 is 2.93 bits per heavy atom. The van der Waals surface area contributed by atoms with E-state index in [0.717, 1.165) is 12.3 Å². The summed E-state index contributed by atoms with van der Waals surface area (Å²) in [6.45, 7) is 4.22. The second-order valence-corrected chi connectivity index (χ2v) is 3.45. The van der Waals surface area contributed by atoms with Gasteiger partial charge >= 0.3 is 0 Å². The molecular weight excluding hydrogens is 188 g/mol. The van der Waals surface area contributed by atoms with Crippen molar-refractivity contribution in [2.24, 2.45) is 5.73 Å². The molecule has 0 bridgehead atoms. The monoisotopic (exact) mass is 204 g/mol. The summed E-state index contributed by atoms with van der Waals surface area (Å²) < 4.78 is 7.61. The quantitative estimate of drug-likeness (QED) is 0.827. The molecule has 0 atom stereocenters. The molecule has 0 spiro atoms. The third-order valence-electron chi connectivity index (χ3n) is 2.42. The Morgan fingerprint density at radius 1 is 1.33 bits per heavy atom. The second kappa shape index (κ2) is 4.36. The van der Waals surface area contributed by atoms with E-state index in [1.807, 2.05) is 13.0 Å². The van der Waals surface area contributed by atoms with Gasteiger partial charge in [0.05, 0.1) is 6.61 Å². The van der Waals surface area contributed by atoms with Crippen molar-refractivity contribution >= 4 is 10.9 Å². The van der Waals surface area contributed by atoms with E-state index in [1.165, 1.54) is 10.9 Å². The molecule has 0 aliphatic heterocycles. The molecule has 1 heterocycles. The SMILES string of the molecule is CCOc1ccc2c(ccn2CCN)c1. The van der Waals surface area contributed by atoms with Crippen LogP contribution in [0.15, 0.2) is 30.5 Å². The maximum atomic E-state index is 5.54. The van der Waals surface area contributed by atoms with Crippen molar-refractivity contribution in [3.63, 3.8) is 0 Å². The summed E-state index contributed by atoms with van der Waals surface area (Å²) in [5.74, 6) is 0.926. The van der Waals surface area contributed by atoms with Crippen LogP contribution in [0.25, 0.3) is 10.9 Å². The van der Waals surface area contributed by atoms with E-state index in [0.29, 0.717) is 13.2 Å². The van der Waals surface area contributed by atoms with Gasteiger partial charge in [-0.25, -0.2) is 0 Å². The van der Waals surface area contributed by atoms with Crippen LogP contribution in [-0.4, -0.2) is 17.7 Å². The van der Waals surface area contributed by atoms with Crippen LogP contribution in [0.5, 0.6) is 5.75 Å². The number of hydrogen-bond donors (Lipinski definition) is 1. The average molecular weight is 204 g/mol. The summed E-state index contributed by atoms with van der Waals surface area (Å²) >= 11 is 0. The molecule has 0 fully saturated rings. The lowest BCUT2D eigenvalue weighted by Crippen LogP contribution is -2.08. The maximum absolute atomic E-state index is 5.54. The number of fused-ring (bicyclic) bond motifs is 1. The van der Waals surface area contributed by atoms with Crippen LogP contribution in [0.2, 0.25) is 0 Å². The smallest absolute Gasteiger partial charge is 0.120 e. The number of ether oxygens (including phenoxy) is 1. The van der Waals surface area contributed by atoms with Gasteiger partial charge < -0.3 is 15.0 Å². The summed E-state index contributed by atoms with van der Waals surface area (Å²) in [5.41, 5.74) is 6.75. The van der Waals surface area contributed by atoms with E-state index >= 15 is 0 Å². The van der Waals surface area contributed by atoms with Crippen molar-refractivity contribution < 1.29 is 4.74 Å². The lowest BCUT2D eigenvalue weighted by Gasteiger charge is -2.05. The summed E-state index contributed by atoms with van der Waals surface area (Å²) in [5, 5.41) is 1.20. The second-order valence-electron chi connectivity index (χ2n) is 3.45. The molecule has 2 aromatic rings. The van der Waals surface area contributed by atoms with Gasteiger partial charge in [-0.1, -0.05) is 0 Å². The van der Waals surface area contributed by atoms with Crippen molar-refractivity contribution in [3.05, 3.63) is 30.5 Å². The van der Waals surface area contributed by atoms with Crippen LogP contribution >= 0.6 is 0 Å².